The smallest absolute Gasteiger partial charge is 0.307 e. The van der Waals surface area contributed by atoms with E-state index >= 15 is 0 Å². The van der Waals surface area contributed by atoms with E-state index in [0.717, 1.165) is 16.5 Å². The van der Waals surface area contributed by atoms with Gasteiger partial charge in [0.1, 0.15) is 5.75 Å². The van der Waals surface area contributed by atoms with Crippen LogP contribution in [0.3, 0.4) is 0 Å². The van der Waals surface area contributed by atoms with Crippen LogP contribution in [0.2, 0.25) is 0 Å². The number of nitrogens with zero attached hydrogens (tertiary/aromatic N) is 1. The summed E-state index contributed by atoms with van der Waals surface area (Å²) >= 11 is 8.92. The first-order valence-corrected chi connectivity index (χ1v) is 11.4. The predicted molar refractivity (Wildman–Crippen MR) is 128 cm³/mol. The number of carbonyl (C=O) groups excluding carboxylic acids is 2. The number of carbonyl (C=O) groups is 2. The van der Waals surface area contributed by atoms with Gasteiger partial charge >= 0.3 is 5.97 Å². The minimum atomic E-state index is -0.369. The first kappa shape index (κ1) is 24.8. The molecule has 8 heteroatoms. The SMILES string of the molecule is CCCOc1ccc(Br)cc1C(=O)NC(=S)N(CCC(=O)OCC)Cc1ccccc1. The molecule has 2 rings (SSSR count). The van der Waals surface area contributed by atoms with Crippen LogP contribution in [0.1, 0.15) is 42.6 Å². The minimum Gasteiger partial charge on any atom is -0.493 e. The molecule has 1 N–H and O–H groups in total. The zero-order valence-electron chi connectivity index (χ0n) is 17.7. The Hall–Kier alpha value is -2.45. The first-order valence-electron chi connectivity index (χ1n) is 10.2. The second-order valence-electron chi connectivity index (χ2n) is 6.71. The lowest BCUT2D eigenvalue weighted by molar-refractivity contribution is -0.143. The summed E-state index contributed by atoms with van der Waals surface area (Å²) in [6, 6.07) is 15.0. The van der Waals surface area contributed by atoms with Gasteiger partial charge in [-0.25, -0.2) is 0 Å². The second-order valence-corrected chi connectivity index (χ2v) is 8.01. The number of ether oxygens (including phenoxy) is 2. The lowest BCUT2D eigenvalue weighted by atomic mass is 10.2. The highest BCUT2D eigenvalue weighted by atomic mass is 79.9. The maximum absolute atomic E-state index is 13.0. The predicted octanol–water partition coefficient (Wildman–Crippen LogP) is 4.71. The molecule has 0 bridgehead atoms. The lowest BCUT2D eigenvalue weighted by Gasteiger charge is -2.25. The van der Waals surface area contributed by atoms with Gasteiger partial charge < -0.3 is 14.4 Å². The molecule has 0 saturated heterocycles. The lowest BCUT2D eigenvalue weighted by Crippen LogP contribution is -2.43. The van der Waals surface area contributed by atoms with E-state index in [1.807, 2.05) is 43.3 Å². The molecule has 1 amide bonds. The molecule has 0 atom stereocenters. The quantitative estimate of drug-likeness (QED) is 0.371. The summed E-state index contributed by atoms with van der Waals surface area (Å²) in [6.07, 6.45) is 0.993. The van der Waals surface area contributed by atoms with E-state index < -0.39 is 0 Å². The van der Waals surface area contributed by atoms with Crippen LogP contribution in [0.25, 0.3) is 0 Å². The van der Waals surface area contributed by atoms with E-state index in [-0.39, 0.29) is 23.4 Å². The standard InChI is InChI=1S/C23H27BrN2O4S/c1-3-14-30-20-11-10-18(24)15-19(20)22(28)25-23(31)26(13-12-21(27)29-4-2)16-17-8-6-5-7-9-17/h5-11,15H,3-4,12-14,16H2,1-2H3,(H,25,28,31). The molecule has 0 aliphatic carbocycles. The van der Waals surface area contributed by atoms with Gasteiger partial charge in [0, 0.05) is 17.6 Å². The summed E-state index contributed by atoms with van der Waals surface area (Å²) in [5.74, 6) is -0.185. The van der Waals surface area contributed by atoms with Crippen molar-refractivity contribution in [2.75, 3.05) is 19.8 Å². The Morgan fingerprint density at radius 1 is 1.13 bits per heavy atom. The molecule has 2 aromatic carbocycles. The number of rotatable bonds is 10. The van der Waals surface area contributed by atoms with Gasteiger partial charge in [-0.05, 0) is 49.3 Å². The Morgan fingerprint density at radius 2 is 1.87 bits per heavy atom. The molecule has 0 aliphatic heterocycles. The summed E-state index contributed by atoms with van der Waals surface area (Å²) in [6.45, 7) is 5.37. The highest BCUT2D eigenvalue weighted by molar-refractivity contribution is 9.10. The number of amides is 1. The van der Waals surface area contributed by atoms with E-state index in [0.29, 0.717) is 37.6 Å². The van der Waals surface area contributed by atoms with Crippen molar-refractivity contribution < 1.29 is 19.1 Å². The van der Waals surface area contributed by atoms with Crippen molar-refractivity contribution in [1.82, 2.24) is 10.2 Å². The summed E-state index contributed by atoms with van der Waals surface area (Å²) in [4.78, 5) is 26.6. The summed E-state index contributed by atoms with van der Waals surface area (Å²) in [7, 11) is 0. The molecular weight excluding hydrogens is 480 g/mol. The molecule has 0 heterocycles. The highest BCUT2D eigenvalue weighted by Gasteiger charge is 2.19. The number of hydrogen-bond donors (Lipinski definition) is 1. The number of esters is 1. The zero-order chi connectivity index (χ0) is 22.6. The molecule has 0 aliphatic rings. The van der Waals surface area contributed by atoms with Crippen LogP contribution in [0.15, 0.2) is 53.0 Å². The fraction of sp³-hybridized carbons (Fsp3) is 0.348. The van der Waals surface area contributed by atoms with Crippen LogP contribution in [0, 0.1) is 0 Å². The number of benzene rings is 2. The van der Waals surface area contributed by atoms with Crippen LogP contribution >= 0.6 is 28.1 Å². The number of hydrogen-bond acceptors (Lipinski definition) is 5. The highest BCUT2D eigenvalue weighted by Crippen LogP contribution is 2.23. The zero-order valence-corrected chi connectivity index (χ0v) is 20.1. The van der Waals surface area contributed by atoms with Gasteiger partial charge in [0.2, 0.25) is 0 Å². The fourth-order valence-electron chi connectivity index (χ4n) is 2.78. The van der Waals surface area contributed by atoms with Gasteiger partial charge in [0.25, 0.3) is 5.91 Å². The first-order chi connectivity index (χ1) is 14.9. The molecule has 0 saturated carbocycles. The van der Waals surface area contributed by atoms with Crippen LogP contribution in [-0.2, 0) is 16.1 Å². The molecule has 31 heavy (non-hydrogen) atoms. The maximum Gasteiger partial charge on any atom is 0.307 e. The third kappa shape index (κ3) is 8.30. The molecular formula is C23H27BrN2O4S. The van der Waals surface area contributed by atoms with Crippen molar-refractivity contribution in [2.24, 2.45) is 0 Å². The van der Waals surface area contributed by atoms with Crippen molar-refractivity contribution in [3.63, 3.8) is 0 Å². The van der Waals surface area contributed by atoms with Crippen molar-refractivity contribution >= 4 is 45.1 Å². The summed E-state index contributed by atoms with van der Waals surface area (Å²) < 4.78 is 11.5. The molecule has 2 aromatic rings. The van der Waals surface area contributed by atoms with Crippen LogP contribution in [0.5, 0.6) is 5.75 Å². The van der Waals surface area contributed by atoms with Gasteiger partial charge in [-0.1, -0.05) is 53.2 Å². The van der Waals surface area contributed by atoms with E-state index in [1.165, 1.54) is 0 Å². The number of nitrogens with one attached hydrogen (secondary N) is 1. The monoisotopic (exact) mass is 506 g/mol. The Kier molecular flexibility index (Phi) is 10.5. The molecule has 0 spiro atoms. The normalized spacial score (nSPS) is 10.3. The average molecular weight is 507 g/mol. The molecule has 0 unspecified atom stereocenters. The molecule has 6 nitrogen and oxygen atoms in total. The van der Waals surface area contributed by atoms with Gasteiger partial charge in [-0.15, -0.1) is 0 Å². The van der Waals surface area contributed by atoms with E-state index in [9.17, 15) is 9.59 Å². The summed E-state index contributed by atoms with van der Waals surface area (Å²) in [5, 5.41) is 3.02. The molecule has 0 fully saturated rings. The number of thiocarbonyl (C=S) groups is 1. The van der Waals surface area contributed by atoms with Crippen LogP contribution < -0.4 is 10.1 Å². The average Bonchev–Trinajstić information content (AvgIpc) is 2.76. The van der Waals surface area contributed by atoms with Crippen molar-refractivity contribution in [1.29, 1.82) is 0 Å². The molecule has 0 radical (unpaired) electrons. The Balaban J connectivity index is 2.15. The van der Waals surface area contributed by atoms with Gasteiger partial charge in [-0.2, -0.15) is 0 Å². The van der Waals surface area contributed by atoms with Gasteiger partial charge in [0.05, 0.1) is 25.2 Å². The van der Waals surface area contributed by atoms with Crippen LogP contribution in [0.4, 0.5) is 0 Å². The van der Waals surface area contributed by atoms with Gasteiger partial charge in [0.15, 0.2) is 5.11 Å². The topological polar surface area (TPSA) is 67.9 Å². The van der Waals surface area contributed by atoms with Crippen molar-refractivity contribution in [3.8, 4) is 5.75 Å². The third-order valence-corrected chi connectivity index (χ3v) is 5.12. The Morgan fingerprint density at radius 3 is 2.55 bits per heavy atom. The Bertz CT molecular complexity index is 892. The van der Waals surface area contributed by atoms with Crippen molar-refractivity contribution in [3.05, 3.63) is 64.1 Å². The largest absolute Gasteiger partial charge is 0.493 e. The maximum atomic E-state index is 13.0. The third-order valence-electron chi connectivity index (χ3n) is 4.26. The molecule has 166 valence electrons. The number of halogens is 1. The van der Waals surface area contributed by atoms with E-state index in [4.69, 9.17) is 21.7 Å². The van der Waals surface area contributed by atoms with E-state index in [2.05, 4.69) is 21.2 Å². The van der Waals surface area contributed by atoms with E-state index in [1.54, 1.807) is 24.0 Å². The fourth-order valence-corrected chi connectivity index (χ4v) is 3.39. The second kappa shape index (κ2) is 13.1. The molecule has 0 aromatic heterocycles. The van der Waals surface area contributed by atoms with Crippen molar-refractivity contribution in [2.45, 2.75) is 33.2 Å². The van der Waals surface area contributed by atoms with Gasteiger partial charge in [-0.3, -0.25) is 14.9 Å². The Labute approximate surface area is 197 Å². The summed E-state index contributed by atoms with van der Waals surface area (Å²) in [5.41, 5.74) is 1.40. The minimum absolute atomic E-state index is 0.165. The van der Waals surface area contributed by atoms with Crippen LogP contribution in [-0.4, -0.2) is 41.6 Å².